The molecule has 2 amide bonds. The lowest BCUT2D eigenvalue weighted by atomic mass is 10.0. The highest BCUT2D eigenvalue weighted by Crippen LogP contribution is 2.29. The van der Waals surface area contributed by atoms with E-state index in [1.807, 2.05) is 6.92 Å². The molecule has 0 unspecified atom stereocenters. The van der Waals surface area contributed by atoms with Crippen molar-refractivity contribution in [2.24, 2.45) is 0 Å². The second kappa shape index (κ2) is 7.02. The number of furan rings is 1. The van der Waals surface area contributed by atoms with Crippen LogP contribution >= 0.6 is 11.8 Å². The molecule has 138 valence electrons. The Hall–Kier alpha value is -3.30. The molecule has 0 atom stereocenters. The van der Waals surface area contributed by atoms with Gasteiger partial charge in [0.25, 0.3) is 11.1 Å². The molecule has 0 bridgehead atoms. The number of benzene rings is 1. The fourth-order valence-corrected chi connectivity index (χ4v) is 3.58. The molecule has 5 nitrogen and oxygen atoms in total. The number of hydrogen-bond donors (Lipinski definition) is 1. The van der Waals surface area contributed by atoms with Gasteiger partial charge in [-0.2, -0.15) is 0 Å². The van der Waals surface area contributed by atoms with Gasteiger partial charge in [0.05, 0.1) is 10.5 Å². The number of nitrogens with zero attached hydrogens (tertiary/aromatic N) is 1. The first-order chi connectivity index (χ1) is 13.4. The second-order valence-corrected chi connectivity index (χ2v) is 7.62. The summed E-state index contributed by atoms with van der Waals surface area (Å²) in [5, 5.41) is 2.62. The Bertz CT molecular complexity index is 1240. The van der Waals surface area contributed by atoms with Crippen LogP contribution in [0.1, 0.15) is 33.6 Å². The van der Waals surface area contributed by atoms with E-state index in [1.165, 1.54) is 11.1 Å². The maximum Gasteiger partial charge on any atom is 0.290 e. The maximum absolute atomic E-state index is 11.7. The molecule has 0 saturated carbocycles. The van der Waals surface area contributed by atoms with Crippen molar-refractivity contribution < 1.29 is 14.0 Å². The van der Waals surface area contributed by atoms with Crippen molar-refractivity contribution in [2.45, 2.75) is 20.8 Å². The Kier molecular flexibility index (Phi) is 4.54. The molecule has 28 heavy (non-hydrogen) atoms. The maximum atomic E-state index is 11.7. The Morgan fingerprint density at radius 3 is 2.50 bits per heavy atom. The minimum atomic E-state index is -0.418. The fourth-order valence-electron chi connectivity index (χ4n) is 2.92. The van der Waals surface area contributed by atoms with Crippen LogP contribution in [-0.2, 0) is 4.79 Å². The number of aromatic nitrogens is 1. The fraction of sp³-hybridized carbons (Fsp3) is 0.136. The van der Waals surface area contributed by atoms with Crippen LogP contribution in [0.2, 0.25) is 0 Å². The number of imide groups is 1. The monoisotopic (exact) mass is 388 g/mol. The second-order valence-electron chi connectivity index (χ2n) is 6.61. The standard InChI is InChI=1S/C22H16N2O3S/c1-12-6-14(3)15(7-13(12)2)4-5-16-10-23-11-17-8-18(27-20(16)17)9-19-21(25)24-22(26)28-19/h6-11H,1-3H3,(H,24,25,26)/b19-9-. The topological polar surface area (TPSA) is 72.2 Å². The molecule has 0 spiro atoms. The number of carbonyl (C=O) groups is 2. The zero-order valence-corrected chi connectivity index (χ0v) is 16.4. The summed E-state index contributed by atoms with van der Waals surface area (Å²) in [5.74, 6) is 6.41. The summed E-state index contributed by atoms with van der Waals surface area (Å²) < 4.78 is 5.88. The van der Waals surface area contributed by atoms with Gasteiger partial charge in [0.2, 0.25) is 0 Å². The van der Waals surface area contributed by atoms with E-state index in [-0.39, 0.29) is 5.24 Å². The third-order valence-corrected chi connectivity index (χ3v) is 5.34. The third kappa shape index (κ3) is 3.45. The number of pyridine rings is 1. The molecule has 1 fully saturated rings. The summed E-state index contributed by atoms with van der Waals surface area (Å²) in [7, 11) is 0. The van der Waals surface area contributed by atoms with Crippen LogP contribution in [0.25, 0.3) is 17.0 Å². The number of fused-ring (bicyclic) bond motifs is 1. The van der Waals surface area contributed by atoms with Crippen molar-refractivity contribution in [2.75, 3.05) is 0 Å². The molecule has 1 aliphatic heterocycles. The molecule has 1 N–H and O–H groups in total. The number of aryl methyl sites for hydroxylation is 3. The lowest BCUT2D eigenvalue weighted by molar-refractivity contribution is -0.115. The van der Waals surface area contributed by atoms with E-state index in [4.69, 9.17) is 4.42 Å². The summed E-state index contributed by atoms with van der Waals surface area (Å²) in [6.07, 6.45) is 4.89. The van der Waals surface area contributed by atoms with Gasteiger partial charge in [-0.3, -0.25) is 19.9 Å². The Morgan fingerprint density at radius 2 is 1.75 bits per heavy atom. The summed E-state index contributed by atoms with van der Waals surface area (Å²) in [5.41, 5.74) is 5.79. The van der Waals surface area contributed by atoms with Gasteiger partial charge in [-0.15, -0.1) is 0 Å². The van der Waals surface area contributed by atoms with Crippen LogP contribution in [0.5, 0.6) is 0 Å². The molecule has 6 heteroatoms. The smallest absolute Gasteiger partial charge is 0.290 e. The Balaban J connectivity index is 1.73. The Morgan fingerprint density at radius 1 is 1.00 bits per heavy atom. The zero-order valence-electron chi connectivity index (χ0n) is 15.5. The molecular formula is C22H16N2O3S. The molecule has 3 aromatic rings. The van der Waals surface area contributed by atoms with Gasteiger partial charge in [0, 0.05) is 29.4 Å². The number of amides is 2. The highest BCUT2D eigenvalue weighted by molar-refractivity contribution is 8.18. The van der Waals surface area contributed by atoms with Crippen molar-refractivity contribution in [1.29, 1.82) is 0 Å². The lowest BCUT2D eigenvalue weighted by Crippen LogP contribution is -2.17. The van der Waals surface area contributed by atoms with E-state index in [1.54, 1.807) is 24.5 Å². The van der Waals surface area contributed by atoms with Gasteiger partial charge in [-0.1, -0.05) is 17.9 Å². The van der Waals surface area contributed by atoms with Gasteiger partial charge in [0.15, 0.2) is 5.58 Å². The predicted octanol–water partition coefficient (Wildman–Crippen LogP) is 4.48. The van der Waals surface area contributed by atoms with E-state index in [2.05, 4.69) is 48.1 Å². The minimum Gasteiger partial charge on any atom is -0.455 e. The van der Waals surface area contributed by atoms with Crippen molar-refractivity contribution in [1.82, 2.24) is 10.3 Å². The minimum absolute atomic E-state index is 0.301. The largest absolute Gasteiger partial charge is 0.455 e. The lowest BCUT2D eigenvalue weighted by Gasteiger charge is -2.04. The van der Waals surface area contributed by atoms with Gasteiger partial charge < -0.3 is 4.42 Å². The third-order valence-electron chi connectivity index (χ3n) is 4.53. The number of thioether (sulfide) groups is 1. The number of carbonyl (C=O) groups excluding carboxylic acids is 2. The van der Waals surface area contributed by atoms with E-state index in [0.29, 0.717) is 21.8 Å². The molecule has 2 aromatic heterocycles. The van der Waals surface area contributed by atoms with Gasteiger partial charge in [0.1, 0.15) is 5.76 Å². The van der Waals surface area contributed by atoms with Crippen molar-refractivity contribution >= 4 is 40.0 Å². The van der Waals surface area contributed by atoms with Gasteiger partial charge >= 0.3 is 0 Å². The molecule has 0 aliphatic carbocycles. The summed E-state index contributed by atoms with van der Waals surface area (Å²) in [6.45, 7) is 6.19. The average molecular weight is 388 g/mol. The summed E-state index contributed by atoms with van der Waals surface area (Å²) in [6, 6.07) is 5.98. The van der Waals surface area contributed by atoms with Gasteiger partial charge in [-0.25, -0.2) is 0 Å². The highest BCUT2D eigenvalue weighted by atomic mass is 32.2. The van der Waals surface area contributed by atoms with Crippen LogP contribution < -0.4 is 5.32 Å². The highest BCUT2D eigenvalue weighted by Gasteiger charge is 2.25. The number of hydrogen-bond acceptors (Lipinski definition) is 5. The van der Waals surface area contributed by atoms with Crippen LogP contribution in [0.3, 0.4) is 0 Å². The molecule has 1 aliphatic rings. The van der Waals surface area contributed by atoms with E-state index in [0.717, 1.165) is 28.3 Å². The van der Waals surface area contributed by atoms with Crippen molar-refractivity contribution in [3.63, 3.8) is 0 Å². The normalized spacial score (nSPS) is 15.0. The molecule has 4 rings (SSSR count). The molecular weight excluding hydrogens is 372 g/mol. The van der Waals surface area contributed by atoms with Crippen molar-refractivity contribution in [3.05, 3.63) is 69.1 Å². The first kappa shape index (κ1) is 18.1. The number of nitrogens with one attached hydrogen (secondary N) is 1. The molecule has 1 saturated heterocycles. The van der Waals surface area contributed by atoms with E-state index in [9.17, 15) is 9.59 Å². The van der Waals surface area contributed by atoms with E-state index < -0.39 is 5.91 Å². The van der Waals surface area contributed by atoms with Crippen molar-refractivity contribution in [3.8, 4) is 11.8 Å². The van der Waals surface area contributed by atoms with Crippen LogP contribution in [0, 0.1) is 32.6 Å². The average Bonchev–Trinajstić information content (AvgIpc) is 3.19. The van der Waals surface area contributed by atoms with E-state index >= 15 is 0 Å². The SMILES string of the molecule is Cc1cc(C)c(C#Cc2cncc3cc(/C=C4\SC(=O)NC4=O)oc23)cc1C. The quantitative estimate of drug-likeness (QED) is 0.492. The predicted molar refractivity (Wildman–Crippen MR) is 110 cm³/mol. The summed E-state index contributed by atoms with van der Waals surface area (Å²) >= 11 is 0.852. The number of rotatable bonds is 1. The molecule has 3 heterocycles. The van der Waals surface area contributed by atoms with Crippen LogP contribution in [0.4, 0.5) is 4.79 Å². The van der Waals surface area contributed by atoms with Crippen LogP contribution in [0.15, 0.2) is 39.9 Å². The molecule has 0 radical (unpaired) electrons. The van der Waals surface area contributed by atoms with Gasteiger partial charge in [-0.05, 0) is 61.4 Å². The van der Waals surface area contributed by atoms with Crippen LogP contribution in [-0.4, -0.2) is 16.1 Å². The zero-order chi connectivity index (χ0) is 19.8. The summed E-state index contributed by atoms with van der Waals surface area (Å²) in [4.78, 5) is 27.6. The first-order valence-electron chi connectivity index (χ1n) is 8.63. The molecule has 1 aromatic carbocycles. The Labute approximate surface area is 166 Å². The first-order valence-corrected chi connectivity index (χ1v) is 9.44.